The Morgan fingerprint density at radius 2 is 1.97 bits per heavy atom. The molecule has 0 bridgehead atoms. The van der Waals surface area contributed by atoms with E-state index in [-0.39, 0.29) is 89.0 Å². The van der Waals surface area contributed by atoms with Crippen molar-refractivity contribution in [2.45, 2.75) is 32.1 Å². The predicted molar refractivity (Wildman–Crippen MR) is 97.3 cm³/mol. The first-order valence-corrected chi connectivity index (χ1v) is 8.75. The molecule has 0 amide bonds. The number of carbonyl (C=O) groups excluding carboxylic acids is 1. The summed E-state index contributed by atoms with van der Waals surface area (Å²) in [7, 11) is 0. The second-order valence-corrected chi connectivity index (χ2v) is 6.85. The third-order valence-electron chi connectivity index (χ3n) is 5.30. The van der Waals surface area contributed by atoms with E-state index in [0.717, 1.165) is 0 Å². The van der Waals surface area contributed by atoms with Gasteiger partial charge < -0.3 is 29.8 Å². The number of fused-ring (bicyclic) bond motifs is 4. The Labute approximate surface area is 215 Å². The predicted octanol–water partition coefficient (Wildman–Crippen LogP) is -6.02. The van der Waals surface area contributed by atoms with Gasteiger partial charge in [-0.05, 0) is 36.8 Å². The SMILES string of the molecule is CCC(O)(C(=O)[O-])c1cc2n(c(=O)c1CO)Cc1cc3cc(O)ccc3nc1-2.[Na+].[Na+]. The zero-order valence-corrected chi connectivity index (χ0v) is 21.0. The number of aliphatic hydroxyl groups excluding tert-OH is 1. The number of benzene rings is 1. The minimum absolute atomic E-state index is 0. The minimum atomic E-state index is -2.40. The molecule has 3 heterocycles. The van der Waals surface area contributed by atoms with Gasteiger partial charge in [-0.15, -0.1) is 0 Å². The van der Waals surface area contributed by atoms with Gasteiger partial charge in [0.05, 0.1) is 36.0 Å². The molecule has 0 spiro atoms. The van der Waals surface area contributed by atoms with Crippen molar-refractivity contribution in [3.05, 3.63) is 57.4 Å². The van der Waals surface area contributed by atoms with Gasteiger partial charge in [0.25, 0.3) is 5.56 Å². The Hall–Kier alpha value is -1.23. The second kappa shape index (κ2) is 9.10. The van der Waals surface area contributed by atoms with E-state index < -0.39 is 23.7 Å². The zero-order chi connectivity index (χ0) is 20.2. The van der Waals surface area contributed by atoms with E-state index in [1.165, 1.54) is 23.6 Å². The molecule has 30 heavy (non-hydrogen) atoms. The van der Waals surface area contributed by atoms with Gasteiger partial charge in [0.15, 0.2) is 0 Å². The summed E-state index contributed by atoms with van der Waals surface area (Å²) in [4.78, 5) is 29.1. The van der Waals surface area contributed by atoms with Gasteiger partial charge in [0.2, 0.25) is 0 Å². The smallest absolute Gasteiger partial charge is 0.547 e. The van der Waals surface area contributed by atoms with Crippen molar-refractivity contribution in [1.82, 2.24) is 9.55 Å². The summed E-state index contributed by atoms with van der Waals surface area (Å²) in [5.74, 6) is -1.65. The van der Waals surface area contributed by atoms with Gasteiger partial charge in [0, 0.05) is 22.1 Å². The van der Waals surface area contributed by atoms with Crippen LogP contribution in [-0.2, 0) is 23.5 Å². The van der Waals surface area contributed by atoms with Crippen molar-refractivity contribution in [1.29, 1.82) is 0 Å². The first-order valence-electron chi connectivity index (χ1n) is 8.75. The number of pyridine rings is 2. The Bertz CT molecular complexity index is 1210. The van der Waals surface area contributed by atoms with E-state index in [9.17, 15) is 30.0 Å². The Morgan fingerprint density at radius 1 is 1.27 bits per heavy atom. The number of aromatic hydroxyl groups is 1. The van der Waals surface area contributed by atoms with Gasteiger partial charge in [-0.3, -0.25) is 4.79 Å². The molecular formula is C20H17N2Na2O6+. The molecule has 3 aromatic rings. The third kappa shape index (κ3) is 3.76. The van der Waals surface area contributed by atoms with E-state index >= 15 is 0 Å². The standard InChI is InChI=1S/C20H18N2O6.2Na/c1-2-20(28,19(26)27)14-7-16-17-11(8-22(16)18(25)13(14)9-23)5-10-6-12(24)3-4-15(10)21-17;;/h3-7,23-24,28H,2,8-9H2,1H3,(H,26,27);;/q;2*+1/p-1. The third-order valence-corrected chi connectivity index (χ3v) is 5.30. The maximum absolute atomic E-state index is 12.9. The van der Waals surface area contributed by atoms with Crippen molar-refractivity contribution >= 4 is 16.9 Å². The molecule has 144 valence electrons. The van der Waals surface area contributed by atoms with Crippen LogP contribution in [-0.4, -0.2) is 30.8 Å². The van der Waals surface area contributed by atoms with E-state index in [2.05, 4.69) is 4.98 Å². The van der Waals surface area contributed by atoms with E-state index in [1.54, 1.807) is 18.2 Å². The number of aliphatic carboxylic acids is 1. The van der Waals surface area contributed by atoms with Gasteiger partial charge in [0.1, 0.15) is 11.4 Å². The number of phenolic OH excluding ortho intramolecular Hbond substituents is 1. The van der Waals surface area contributed by atoms with Crippen molar-refractivity contribution in [3.8, 4) is 17.1 Å². The number of aliphatic hydroxyl groups is 2. The number of nitrogens with zero attached hydrogens (tertiary/aromatic N) is 2. The molecule has 1 aromatic carbocycles. The van der Waals surface area contributed by atoms with Crippen LogP contribution >= 0.6 is 0 Å². The molecule has 0 fully saturated rings. The Kier molecular flexibility index (Phi) is 7.59. The van der Waals surface area contributed by atoms with Crippen LogP contribution in [0.4, 0.5) is 0 Å². The molecule has 0 saturated carbocycles. The molecule has 3 N–H and O–H groups in total. The van der Waals surface area contributed by atoms with Crippen LogP contribution in [0, 0.1) is 0 Å². The number of carboxylic acid groups (broad SMARTS) is 1. The molecule has 1 unspecified atom stereocenters. The summed E-state index contributed by atoms with van der Waals surface area (Å²) in [5.41, 5.74) is -1.22. The van der Waals surface area contributed by atoms with Crippen molar-refractivity contribution in [2.75, 3.05) is 0 Å². The molecule has 0 radical (unpaired) electrons. The summed E-state index contributed by atoms with van der Waals surface area (Å²) >= 11 is 0. The molecule has 0 aliphatic carbocycles. The van der Waals surface area contributed by atoms with Crippen LogP contribution in [0.3, 0.4) is 0 Å². The van der Waals surface area contributed by atoms with E-state index in [4.69, 9.17) is 0 Å². The van der Waals surface area contributed by atoms with Crippen molar-refractivity contribution in [3.63, 3.8) is 0 Å². The largest absolute Gasteiger partial charge is 1.00 e. The zero-order valence-electron chi connectivity index (χ0n) is 17.0. The number of aromatic nitrogens is 2. The Balaban J connectivity index is 0.00000160. The average Bonchev–Trinajstić information content (AvgIpc) is 3.03. The number of rotatable bonds is 4. The van der Waals surface area contributed by atoms with Crippen molar-refractivity contribution in [2.24, 2.45) is 0 Å². The van der Waals surface area contributed by atoms with E-state index in [0.29, 0.717) is 27.9 Å². The first-order chi connectivity index (χ1) is 13.3. The van der Waals surface area contributed by atoms with E-state index in [1.807, 2.05) is 0 Å². The summed E-state index contributed by atoms with van der Waals surface area (Å²) in [5, 5.41) is 42.3. The van der Waals surface area contributed by atoms with Crippen LogP contribution in [0.15, 0.2) is 35.1 Å². The molecule has 1 aliphatic heterocycles. The summed E-state index contributed by atoms with van der Waals surface area (Å²) in [6.07, 6.45) is -0.234. The molecule has 10 heteroatoms. The van der Waals surface area contributed by atoms with Gasteiger partial charge in [-0.2, -0.15) is 0 Å². The normalized spacial score (nSPS) is 13.6. The fourth-order valence-corrected chi connectivity index (χ4v) is 3.73. The van der Waals surface area contributed by atoms with Crippen LogP contribution in [0.1, 0.15) is 30.0 Å². The van der Waals surface area contributed by atoms with Crippen molar-refractivity contribution < 1.29 is 84.3 Å². The number of hydrogen-bond acceptors (Lipinski definition) is 7. The number of hydrogen-bond donors (Lipinski definition) is 3. The fourth-order valence-electron chi connectivity index (χ4n) is 3.73. The van der Waals surface area contributed by atoms with Gasteiger partial charge >= 0.3 is 59.1 Å². The number of phenols is 1. The molecular weight excluding hydrogens is 410 g/mol. The molecule has 0 saturated heterocycles. The maximum Gasteiger partial charge on any atom is 1.00 e. The van der Waals surface area contributed by atoms with Crippen LogP contribution < -0.4 is 69.8 Å². The quantitative estimate of drug-likeness (QED) is 0.276. The monoisotopic (exact) mass is 427 g/mol. The first kappa shape index (κ1) is 25.0. The van der Waals surface area contributed by atoms with Gasteiger partial charge in [-0.1, -0.05) is 6.92 Å². The minimum Gasteiger partial charge on any atom is -0.547 e. The topological polar surface area (TPSA) is 136 Å². The molecule has 2 aromatic heterocycles. The maximum atomic E-state index is 12.9. The molecule has 1 aliphatic rings. The number of carbonyl (C=O) groups is 1. The summed E-state index contributed by atoms with van der Waals surface area (Å²) in [6.45, 7) is 0.920. The Morgan fingerprint density at radius 3 is 2.57 bits per heavy atom. The molecule has 8 nitrogen and oxygen atoms in total. The summed E-state index contributed by atoms with van der Waals surface area (Å²) in [6, 6.07) is 7.88. The van der Waals surface area contributed by atoms with Crippen LogP contribution in [0.5, 0.6) is 5.75 Å². The van der Waals surface area contributed by atoms with Gasteiger partial charge in [-0.25, -0.2) is 4.98 Å². The summed E-state index contributed by atoms with van der Waals surface area (Å²) < 4.78 is 1.39. The fraction of sp³-hybridized carbons (Fsp3) is 0.250. The average molecular weight is 427 g/mol. The number of carboxylic acids is 1. The molecule has 4 rings (SSSR count). The van der Waals surface area contributed by atoms with Crippen LogP contribution in [0.2, 0.25) is 0 Å². The molecule has 1 atom stereocenters. The second-order valence-electron chi connectivity index (χ2n) is 6.85. The van der Waals surface area contributed by atoms with Crippen LogP contribution in [0.25, 0.3) is 22.3 Å².